The molecular weight excluding hydrogens is 476 g/mol. The number of fused-ring (bicyclic) bond motifs is 1. The van der Waals surface area contributed by atoms with Gasteiger partial charge >= 0.3 is 0 Å². The fraction of sp³-hybridized carbons (Fsp3) is 0.654. The molecule has 3 aromatic heterocycles. The van der Waals surface area contributed by atoms with Gasteiger partial charge in [0.2, 0.25) is 0 Å². The Hall–Kier alpha value is -2.11. The van der Waals surface area contributed by atoms with Crippen molar-refractivity contribution < 1.29 is 14.2 Å². The molecule has 0 radical (unpaired) electrons. The van der Waals surface area contributed by atoms with Gasteiger partial charge in [-0.05, 0) is 49.1 Å². The van der Waals surface area contributed by atoms with Crippen LogP contribution in [-0.2, 0) is 27.2 Å². The van der Waals surface area contributed by atoms with E-state index in [1.54, 1.807) is 11.3 Å². The minimum absolute atomic E-state index is 0.0577. The van der Waals surface area contributed by atoms with Crippen LogP contribution in [0.15, 0.2) is 17.8 Å². The monoisotopic (exact) mass is 512 g/mol. The molecule has 36 heavy (non-hydrogen) atoms. The van der Waals surface area contributed by atoms with Gasteiger partial charge in [0.05, 0.1) is 51.2 Å². The fourth-order valence-corrected chi connectivity index (χ4v) is 6.60. The third kappa shape index (κ3) is 5.57. The van der Waals surface area contributed by atoms with E-state index in [2.05, 4.69) is 33.8 Å². The van der Waals surface area contributed by atoms with E-state index in [0.717, 1.165) is 48.3 Å². The fourth-order valence-electron chi connectivity index (χ4n) is 5.66. The van der Waals surface area contributed by atoms with E-state index >= 15 is 0 Å². The van der Waals surface area contributed by atoms with Crippen molar-refractivity contribution in [3.63, 3.8) is 0 Å². The molecule has 0 spiro atoms. The minimum Gasteiger partial charge on any atom is -0.379 e. The molecule has 0 amide bonds. The van der Waals surface area contributed by atoms with Crippen molar-refractivity contribution in [2.75, 3.05) is 51.4 Å². The summed E-state index contributed by atoms with van der Waals surface area (Å²) in [4.78, 5) is 13.6. The van der Waals surface area contributed by atoms with Crippen LogP contribution in [0.4, 0.5) is 5.82 Å². The first-order valence-electron chi connectivity index (χ1n) is 13.2. The summed E-state index contributed by atoms with van der Waals surface area (Å²) < 4.78 is 18.8. The van der Waals surface area contributed by atoms with Crippen molar-refractivity contribution >= 4 is 27.4 Å². The van der Waals surface area contributed by atoms with E-state index < -0.39 is 0 Å². The molecule has 3 fully saturated rings. The number of morpholine rings is 1. The number of rotatable bonds is 7. The number of aromatic nitrogens is 4. The zero-order valence-electron chi connectivity index (χ0n) is 21.0. The molecule has 3 aliphatic rings. The second-order valence-corrected chi connectivity index (χ2v) is 11.1. The van der Waals surface area contributed by atoms with Crippen molar-refractivity contribution in [2.45, 2.75) is 63.8 Å². The Balaban J connectivity index is 1.13. The van der Waals surface area contributed by atoms with Gasteiger partial charge in [-0.2, -0.15) is 5.10 Å². The van der Waals surface area contributed by atoms with E-state index in [4.69, 9.17) is 24.2 Å². The first-order chi connectivity index (χ1) is 17.7. The standard InChI is InChI=1S/C26H36N6O3S/c1-18-17-36-26-24(18)25(28-20-2-4-21(5-3-20)31-6-8-33-9-7-31)29-23(30-26)12-19-13-27-32(14-19)15-22-16-34-10-11-35-22/h13-14,17,20-22H,2-12,15-16H2,1H3,(H,28,29,30)/t20?,21?,22-/m0/s1. The molecule has 1 N–H and O–H groups in total. The molecule has 2 saturated heterocycles. The number of nitrogens with zero attached hydrogens (tertiary/aromatic N) is 5. The number of ether oxygens (including phenoxy) is 3. The molecule has 2 aliphatic heterocycles. The van der Waals surface area contributed by atoms with Crippen molar-refractivity contribution in [2.24, 2.45) is 0 Å². The van der Waals surface area contributed by atoms with Crippen LogP contribution in [0.2, 0.25) is 0 Å². The van der Waals surface area contributed by atoms with Crippen molar-refractivity contribution in [1.82, 2.24) is 24.6 Å². The smallest absolute Gasteiger partial charge is 0.139 e. The summed E-state index contributed by atoms with van der Waals surface area (Å²) in [6.45, 7) is 8.70. The van der Waals surface area contributed by atoms with Crippen LogP contribution >= 0.6 is 11.3 Å². The lowest BCUT2D eigenvalue weighted by Crippen LogP contribution is -2.46. The van der Waals surface area contributed by atoms with Crippen LogP contribution in [-0.4, -0.2) is 89.0 Å². The van der Waals surface area contributed by atoms with Crippen LogP contribution in [0.3, 0.4) is 0 Å². The average molecular weight is 513 g/mol. The van der Waals surface area contributed by atoms with Gasteiger partial charge in [-0.1, -0.05) is 0 Å². The van der Waals surface area contributed by atoms with E-state index in [1.165, 1.54) is 36.6 Å². The molecule has 194 valence electrons. The molecule has 0 unspecified atom stereocenters. The van der Waals surface area contributed by atoms with Gasteiger partial charge in [-0.3, -0.25) is 9.58 Å². The van der Waals surface area contributed by atoms with Gasteiger partial charge in [0.15, 0.2) is 0 Å². The number of anilines is 1. The van der Waals surface area contributed by atoms with Crippen molar-refractivity contribution in [3.8, 4) is 0 Å². The summed E-state index contributed by atoms with van der Waals surface area (Å²) in [5, 5.41) is 11.7. The summed E-state index contributed by atoms with van der Waals surface area (Å²) in [6, 6.07) is 1.14. The van der Waals surface area contributed by atoms with Crippen molar-refractivity contribution in [1.29, 1.82) is 0 Å². The zero-order chi connectivity index (χ0) is 24.3. The maximum atomic E-state index is 5.76. The third-order valence-corrected chi connectivity index (χ3v) is 8.58. The highest BCUT2D eigenvalue weighted by Gasteiger charge is 2.28. The maximum absolute atomic E-state index is 5.76. The highest BCUT2D eigenvalue weighted by Crippen LogP contribution is 2.32. The second-order valence-electron chi connectivity index (χ2n) is 10.2. The summed E-state index contributed by atoms with van der Waals surface area (Å²) in [6.07, 6.45) is 9.52. The number of aryl methyl sites for hydroxylation is 1. The van der Waals surface area contributed by atoms with Crippen LogP contribution < -0.4 is 5.32 Å². The number of hydrogen-bond donors (Lipinski definition) is 1. The molecule has 0 bridgehead atoms. The third-order valence-electron chi connectivity index (χ3n) is 7.59. The van der Waals surface area contributed by atoms with E-state index in [9.17, 15) is 0 Å². The summed E-state index contributed by atoms with van der Waals surface area (Å²) in [5.41, 5.74) is 2.35. The Morgan fingerprint density at radius 1 is 1.06 bits per heavy atom. The highest BCUT2D eigenvalue weighted by atomic mass is 32.1. The normalized spacial score (nSPS) is 25.9. The quantitative estimate of drug-likeness (QED) is 0.516. The Morgan fingerprint density at radius 2 is 1.92 bits per heavy atom. The van der Waals surface area contributed by atoms with E-state index in [1.807, 2.05) is 10.9 Å². The molecule has 6 rings (SSSR count). The highest BCUT2D eigenvalue weighted by molar-refractivity contribution is 7.17. The van der Waals surface area contributed by atoms with Crippen molar-refractivity contribution in [3.05, 3.63) is 34.7 Å². The molecule has 3 aromatic rings. The van der Waals surface area contributed by atoms with Crippen LogP contribution in [0, 0.1) is 6.92 Å². The first-order valence-corrected chi connectivity index (χ1v) is 14.1. The topological polar surface area (TPSA) is 86.6 Å². The predicted molar refractivity (Wildman–Crippen MR) is 140 cm³/mol. The lowest BCUT2D eigenvalue weighted by molar-refractivity contribution is -0.0946. The second kappa shape index (κ2) is 11.1. The van der Waals surface area contributed by atoms with Gasteiger partial charge < -0.3 is 19.5 Å². The number of thiophene rings is 1. The van der Waals surface area contributed by atoms with Crippen LogP contribution in [0.25, 0.3) is 10.2 Å². The molecule has 9 nitrogen and oxygen atoms in total. The lowest BCUT2D eigenvalue weighted by atomic mass is 9.90. The molecule has 1 aliphatic carbocycles. The molecular formula is C26H36N6O3S. The summed E-state index contributed by atoms with van der Waals surface area (Å²) in [5.74, 6) is 1.83. The molecule has 5 heterocycles. The Bertz CT molecular complexity index is 1150. The zero-order valence-corrected chi connectivity index (χ0v) is 21.8. The summed E-state index contributed by atoms with van der Waals surface area (Å²) in [7, 11) is 0. The Kier molecular flexibility index (Phi) is 7.47. The summed E-state index contributed by atoms with van der Waals surface area (Å²) >= 11 is 1.70. The van der Waals surface area contributed by atoms with E-state index in [0.29, 0.717) is 44.9 Å². The number of hydrogen-bond acceptors (Lipinski definition) is 9. The SMILES string of the molecule is Cc1csc2nc(Cc3cnn(C[C@H]4COCCO4)c3)nc(NC3CCC(N4CCOCC4)CC3)c12. The van der Waals surface area contributed by atoms with Gasteiger partial charge in [0.1, 0.15) is 22.6 Å². The van der Waals surface area contributed by atoms with Gasteiger partial charge in [-0.25, -0.2) is 9.97 Å². The Labute approximate surface area is 216 Å². The van der Waals surface area contributed by atoms with Crippen LogP contribution in [0.5, 0.6) is 0 Å². The molecule has 0 aromatic carbocycles. The average Bonchev–Trinajstić information content (AvgIpc) is 3.51. The van der Waals surface area contributed by atoms with Crippen LogP contribution in [0.1, 0.15) is 42.6 Å². The van der Waals surface area contributed by atoms with Gasteiger partial charge in [-0.15, -0.1) is 11.3 Å². The van der Waals surface area contributed by atoms with Gasteiger partial charge in [0.25, 0.3) is 0 Å². The largest absolute Gasteiger partial charge is 0.379 e. The maximum Gasteiger partial charge on any atom is 0.139 e. The number of nitrogens with one attached hydrogen (secondary N) is 1. The van der Waals surface area contributed by atoms with E-state index in [-0.39, 0.29) is 6.10 Å². The molecule has 10 heteroatoms. The molecule has 1 saturated carbocycles. The minimum atomic E-state index is 0.0577. The Morgan fingerprint density at radius 3 is 2.72 bits per heavy atom. The molecule has 1 atom stereocenters. The first kappa shape index (κ1) is 24.2. The lowest BCUT2D eigenvalue weighted by Gasteiger charge is -2.39. The van der Waals surface area contributed by atoms with Gasteiger partial charge in [0, 0.05) is 37.8 Å². The predicted octanol–water partition coefficient (Wildman–Crippen LogP) is 3.26.